The molecule has 1 saturated heterocycles. The molecule has 144 valence electrons. The van der Waals surface area contributed by atoms with Crippen molar-refractivity contribution in [2.24, 2.45) is 0 Å². The van der Waals surface area contributed by atoms with E-state index in [4.69, 9.17) is 16.3 Å². The fourth-order valence-corrected chi connectivity index (χ4v) is 3.11. The fraction of sp³-hybridized carbons (Fsp3) is 0.0435. The Morgan fingerprint density at radius 2 is 1.69 bits per heavy atom. The summed E-state index contributed by atoms with van der Waals surface area (Å²) in [7, 11) is 0. The average molecular weight is 405 g/mol. The van der Waals surface area contributed by atoms with Crippen LogP contribution in [0.15, 0.2) is 84.4 Å². The summed E-state index contributed by atoms with van der Waals surface area (Å²) in [5, 5.41) is 1.67. The molecule has 1 aliphatic heterocycles. The summed E-state index contributed by atoms with van der Waals surface area (Å²) in [6, 6.07) is 23.8. The van der Waals surface area contributed by atoms with Gasteiger partial charge in [-0.3, -0.25) is 15.0 Å². The number of halogens is 1. The number of hydrazine groups is 1. The molecule has 0 bridgehead atoms. The van der Waals surface area contributed by atoms with Gasteiger partial charge in [0.25, 0.3) is 11.8 Å². The van der Waals surface area contributed by atoms with Crippen LogP contribution in [0.3, 0.4) is 0 Å². The zero-order valence-electron chi connectivity index (χ0n) is 15.3. The van der Waals surface area contributed by atoms with Crippen LogP contribution in [0, 0.1) is 0 Å². The molecule has 5 nitrogen and oxygen atoms in total. The molecular weight excluding hydrogens is 388 g/mol. The Morgan fingerprint density at radius 1 is 0.931 bits per heavy atom. The highest BCUT2D eigenvalue weighted by Gasteiger charge is 2.34. The summed E-state index contributed by atoms with van der Waals surface area (Å²) >= 11 is 5.98. The van der Waals surface area contributed by atoms with E-state index in [1.54, 1.807) is 54.6 Å². The van der Waals surface area contributed by atoms with Crippen LogP contribution < -0.4 is 15.2 Å². The molecule has 0 unspecified atom stereocenters. The summed E-state index contributed by atoms with van der Waals surface area (Å²) in [5.41, 5.74) is 4.92. The first-order valence-corrected chi connectivity index (χ1v) is 9.37. The monoisotopic (exact) mass is 404 g/mol. The summed E-state index contributed by atoms with van der Waals surface area (Å²) in [4.78, 5) is 24.9. The number of nitrogens with one attached hydrogen (secondary N) is 1. The molecule has 29 heavy (non-hydrogen) atoms. The van der Waals surface area contributed by atoms with E-state index >= 15 is 0 Å². The van der Waals surface area contributed by atoms with Gasteiger partial charge in [-0.15, -0.1) is 0 Å². The molecule has 3 aromatic rings. The minimum atomic E-state index is -0.459. The molecule has 0 saturated carbocycles. The van der Waals surface area contributed by atoms with Crippen molar-refractivity contribution >= 4 is 35.2 Å². The third kappa shape index (κ3) is 4.31. The molecular formula is C23H17ClN2O3. The predicted octanol–water partition coefficient (Wildman–Crippen LogP) is 4.38. The van der Waals surface area contributed by atoms with E-state index in [-0.39, 0.29) is 5.57 Å². The SMILES string of the molecule is O=C1NN(c2cccc(Cl)c2)C(=O)/C1=C/c1ccc(OCc2ccccc2)cc1. The lowest BCUT2D eigenvalue weighted by atomic mass is 10.1. The van der Waals surface area contributed by atoms with Gasteiger partial charge in [0, 0.05) is 5.02 Å². The highest BCUT2D eigenvalue weighted by molar-refractivity contribution is 6.33. The highest BCUT2D eigenvalue weighted by atomic mass is 35.5. The van der Waals surface area contributed by atoms with Crippen molar-refractivity contribution in [2.75, 3.05) is 5.01 Å². The Bertz CT molecular complexity index is 1080. The topological polar surface area (TPSA) is 58.6 Å². The van der Waals surface area contributed by atoms with E-state index in [2.05, 4.69) is 5.43 Å². The van der Waals surface area contributed by atoms with Gasteiger partial charge in [0.15, 0.2) is 0 Å². The number of hydrogen-bond acceptors (Lipinski definition) is 3. The second-order valence-electron chi connectivity index (χ2n) is 6.46. The molecule has 1 fully saturated rings. The molecule has 2 amide bonds. The van der Waals surface area contributed by atoms with Crippen LogP contribution in [0.5, 0.6) is 5.75 Å². The van der Waals surface area contributed by atoms with Gasteiger partial charge in [-0.05, 0) is 47.5 Å². The lowest BCUT2D eigenvalue weighted by Crippen LogP contribution is -2.35. The summed E-state index contributed by atoms with van der Waals surface area (Å²) in [6.45, 7) is 0.469. The average Bonchev–Trinajstić information content (AvgIpc) is 3.02. The van der Waals surface area contributed by atoms with Crippen LogP contribution in [0.4, 0.5) is 5.69 Å². The maximum Gasteiger partial charge on any atom is 0.282 e. The Balaban J connectivity index is 1.47. The third-order valence-electron chi connectivity index (χ3n) is 4.40. The predicted molar refractivity (Wildman–Crippen MR) is 112 cm³/mol. The van der Waals surface area contributed by atoms with E-state index in [0.717, 1.165) is 11.1 Å². The molecule has 0 atom stereocenters. The van der Waals surface area contributed by atoms with E-state index in [0.29, 0.717) is 23.1 Å². The van der Waals surface area contributed by atoms with E-state index in [1.165, 1.54) is 5.01 Å². The molecule has 6 heteroatoms. The zero-order valence-corrected chi connectivity index (χ0v) is 16.1. The van der Waals surface area contributed by atoms with Crippen molar-refractivity contribution in [1.82, 2.24) is 5.43 Å². The minimum absolute atomic E-state index is 0.0583. The summed E-state index contributed by atoms with van der Waals surface area (Å²) in [5.74, 6) is -0.181. The van der Waals surface area contributed by atoms with Crippen molar-refractivity contribution in [3.05, 3.63) is 101 Å². The van der Waals surface area contributed by atoms with Gasteiger partial charge in [-0.1, -0.05) is 60.1 Å². The number of carbonyl (C=O) groups is 2. The van der Waals surface area contributed by atoms with E-state index in [1.807, 2.05) is 30.3 Å². The van der Waals surface area contributed by atoms with Crippen LogP contribution in [-0.2, 0) is 16.2 Å². The van der Waals surface area contributed by atoms with Crippen LogP contribution >= 0.6 is 11.6 Å². The molecule has 1 N–H and O–H groups in total. The lowest BCUT2D eigenvalue weighted by Gasteiger charge is -2.14. The Morgan fingerprint density at radius 3 is 2.41 bits per heavy atom. The van der Waals surface area contributed by atoms with Gasteiger partial charge in [-0.25, -0.2) is 5.01 Å². The summed E-state index contributed by atoms with van der Waals surface area (Å²) in [6.07, 6.45) is 1.56. The van der Waals surface area contributed by atoms with Crippen LogP contribution in [0.2, 0.25) is 5.02 Å². The number of nitrogens with zero attached hydrogens (tertiary/aromatic N) is 1. The number of hydrogen-bond donors (Lipinski definition) is 1. The second-order valence-corrected chi connectivity index (χ2v) is 6.90. The number of ether oxygens (including phenoxy) is 1. The largest absolute Gasteiger partial charge is 0.489 e. The number of anilines is 1. The van der Waals surface area contributed by atoms with Crippen LogP contribution in [-0.4, -0.2) is 11.8 Å². The van der Waals surface area contributed by atoms with Gasteiger partial charge < -0.3 is 4.74 Å². The van der Waals surface area contributed by atoms with Gasteiger partial charge in [-0.2, -0.15) is 0 Å². The van der Waals surface area contributed by atoms with E-state index in [9.17, 15) is 9.59 Å². The number of amides is 2. The fourth-order valence-electron chi connectivity index (χ4n) is 2.92. The number of carbonyl (C=O) groups excluding carboxylic acids is 2. The maximum atomic E-state index is 12.7. The first kappa shape index (κ1) is 18.8. The molecule has 0 aromatic heterocycles. The van der Waals surface area contributed by atoms with Gasteiger partial charge in [0.1, 0.15) is 17.9 Å². The van der Waals surface area contributed by atoms with Crippen LogP contribution in [0.25, 0.3) is 6.08 Å². The highest BCUT2D eigenvalue weighted by Crippen LogP contribution is 2.24. The maximum absolute atomic E-state index is 12.7. The first-order chi connectivity index (χ1) is 14.1. The van der Waals surface area contributed by atoms with Crippen molar-refractivity contribution < 1.29 is 14.3 Å². The zero-order chi connectivity index (χ0) is 20.2. The second kappa shape index (κ2) is 8.20. The minimum Gasteiger partial charge on any atom is -0.489 e. The molecule has 0 spiro atoms. The molecule has 0 radical (unpaired) electrons. The molecule has 1 heterocycles. The normalized spacial score (nSPS) is 14.9. The van der Waals surface area contributed by atoms with Crippen molar-refractivity contribution in [3.8, 4) is 5.75 Å². The van der Waals surface area contributed by atoms with Crippen molar-refractivity contribution in [3.63, 3.8) is 0 Å². The van der Waals surface area contributed by atoms with Gasteiger partial charge >= 0.3 is 0 Å². The van der Waals surface area contributed by atoms with Crippen LogP contribution in [0.1, 0.15) is 11.1 Å². The molecule has 4 rings (SSSR count). The molecule has 0 aliphatic carbocycles. The first-order valence-electron chi connectivity index (χ1n) is 9.00. The standard InChI is InChI=1S/C23H17ClN2O3/c24-18-7-4-8-19(14-18)26-23(28)21(22(27)25-26)13-16-9-11-20(12-10-16)29-15-17-5-2-1-3-6-17/h1-14H,15H2,(H,25,27)/b21-13+. The van der Waals surface area contributed by atoms with Crippen molar-refractivity contribution in [1.29, 1.82) is 0 Å². The third-order valence-corrected chi connectivity index (χ3v) is 4.63. The molecule has 3 aromatic carbocycles. The van der Waals surface area contributed by atoms with E-state index < -0.39 is 11.8 Å². The Hall–Kier alpha value is -3.57. The van der Waals surface area contributed by atoms with Gasteiger partial charge in [0.2, 0.25) is 0 Å². The van der Waals surface area contributed by atoms with Gasteiger partial charge in [0.05, 0.1) is 5.69 Å². The molecule has 1 aliphatic rings. The number of rotatable bonds is 5. The Kier molecular flexibility index (Phi) is 5.31. The number of benzene rings is 3. The van der Waals surface area contributed by atoms with Crippen molar-refractivity contribution in [2.45, 2.75) is 6.61 Å². The Labute approximate surface area is 173 Å². The smallest absolute Gasteiger partial charge is 0.282 e. The summed E-state index contributed by atoms with van der Waals surface area (Å²) < 4.78 is 5.76. The quantitative estimate of drug-likeness (QED) is 0.507. The lowest BCUT2D eigenvalue weighted by molar-refractivity contribution is -0.117.